The smallest absolute Gasteiger partial charge is 0.168 e. The predicted octanol–water partition coefficient (Wildman–Crippen LogP) is 2.58. The fraction of sp³-hybridized carbons (Fsp3) is 0.125. The summed E-state index contributed by atoms with van der Waals surface area (Å²) in [4.78, 5) is 3.90. The fourth-order valence-electron chi connectivity index (χ4n) is 1.05. The highest BCUT2D eigenvalue weighted by molar-refractivity contribution is 7.18. The Bertz CT molecular complexity index is 457. The molecule has 0 bridgehead atoms. The summed E-state index contributed by atoms with van der Waals surface area (Å²) in [6.45, 7) is -0.170. The molecule has 68 valence electrons. The second-order valence-corrected chi connectivity index (χ2v) is 4.00. The molecule has 1 heterocycles. The van der Waals surface area contributed by atoms with Crippen molar-refractivity contribution >= 4 is 33.2 Å². The van der Waals surface area contributed by atoms with E-state index in [0.29, 0.717) is 9.71 Å². The van der Waals surface area contributed by atoms with E-state index in [0.717, 1.165) is 0 Å². The zero-order chi connectivity index (χ0) is 9.42. The molecule has 0 fully saturated rings. The highest BCUT2D eigenvalue weighted by Crippen LogP contribution is 2.28. The van der Waals surface area contributed by atoms with E-state index in [4.69, 9.17) is 16.7 Å². The molecule has 0 unspecified atom stereocenters. The molecule has 0 aliphatic rings. The third-order valence-corrected chi connectivity index (χ3v) is 2.93. The van der Waals surface area contributed by atoms with Crippen LogP contribution in [0.2, 0.25) is 5.02 Å². The minimum absolute atomic E-state index is 0.0577. The summed E-state index contributed by atoms with van der Waals surface area (Å²) >= 11 is 6.83. The van der Waals surface area contributed by atoms with Gasteiger partial charge in [-0.3, -0.25) is 0 Å². The molecule has 0 atom stereocenters. The summed E-state index contributed by atoms with van der Waals surface area (Å²) in [6.07, 6.45) is 0. The second kappa shape index (κ2) is 3.21. The Morgan fingerprint density at radius 1 is 1.54 bits per heavy atom. The topological polar surface area (TPSA) is 33.1 Å². The van der Waals surface area contributed by atoms with Crippen molar-refractivity contribution in [3.8, 4) is 0 Å². The molecular formula is C8H5ClFNOS. The normalized spacial score (nSPS) is 11.0. The number of nitrogens with zero attached hydrogens (tertiary/aromatic N) is 1. The lowest BCUT2D eigenvalue weighted by Crippen LogP contribution is -1.81. The van der Waals surface area contributed by atoms with Gasteiger partial charge < -0.3 is 5.11 Å². The van der Waals surface area contributed by atoms with Crippen LogP contribution in [0.5, 0.6) is 0 Å². The van der Waals surface area contributed by atoms with Crippen LogP contribution in [-0.4, -0.2) is 10.1 Å². The minimum atomic E-state index is -0.518. The molecule has 1 aromatic heterocycles. The Labute approximate surface area is 82.6 Å². The van der Waals surface area contributed by atoms with Crippen LogP contribution in [0.15, 0.2) is 12.1 Å². The summed E-state index contributed by atoms with van der Waals surface area (Å²) in [6, 6.07) is 3.18. The number of thiazole rings is 1. The number of rotatable bonds is 1. The number of benzene rings is 1. The van der Waals surface area contributed by atoms with E-state index in [9.17, 15) is 4.39 Å². The molecule has 0 saturated heterocycles. The summed E-state index contributed by atoms with van der Waals surface area (Å²) in [5.74, 6) is -0.518. The van der Waals surface area contributed by atoms with Crippen LogP contribution < -0.4 is 0 Å². The first-order chi connectivity index (χ1) is 6.22. The van der Waals surface area contributed by atoms with E-state index in [2.05, 4.69) is 4.98 Å². The van der Waals surface area contributed by atoms with Crippen LogP contribution in [0.25, 0.3) is 10.2 Å². The zero-order valence-electron chi connectivity index (χ0n) is 6.42. The van der Waals surface area contributed by atoms with Crippen molar-refractivity contribution in [2.75, 3.05) is 0 Å². The standard InChI is InChI=1S/C8H5ClFNOS/c9-4-1-2-5-8(7(4)10)11-6(3-12)13-5/h1-2,12H,3H2. The third-order valence-electron chi connectivity index (χ3n) is 1.63. The molecule has 0 amide bonds. The third kappa shape index (κ3) is 1.41. The Kier molecular flexibility index (Phi) is 2.19. The van der Waals surface area contributed by atoms with Crippen molar-refractivity contribution in [1.82, 2.24) is 4.98 Å². The van der Waals surface area contributed by atoms with Gasteiger partial charge in [-0.05, 0) is 12.1 Å². The van der Waals surface area contributed by atoms with Crippen LogP contribution in [0.4, 0.5) is 4.39 Å². The highest BCUT2D eigenvalue weighted by Gasteiger charge is 2.10. The van der Waals surface area contributed by atoms with E-state index in [-0.39, 0.29) is 17.1 Å². The van der Waals surface area contributed by atoms with Crippen molar-refractivity contribution in [3.05, 3.63) is 28.0 Å². The molecule has 0 saturated carbocycles. The number of fused-ring (bicyclic) bond motifs is 1. The van der Waals surface area contributed by atoms with E-state index in [1.807, 2.05) is 0 Å². The summed E-state index contributed by atoms with van der Waals surface area (Å²) in [7, 11) is 0. The molecule has 0 spiro atoms. The van der Waals surface area contributed by atoms with Crippen molar-refractivity contribution in [2.45, 2.75) is 6.61 Å². The van der Waals surface area contributed by atoms with E-state index in [1.165, 1.54) is 17.4 Å². The van der Waals surface area contributed by atoms with Gasteiger partial charge in [-0.15, -0.1) is 11.3 Å². The molecule has 2 nitrogen and oxygen atoms in total. The predicted molar refractivity (Wildman–Crippen MR) is 50.5 cm³/mol. The van der Waals surface area contributed by atoms with Crippen molar-refractivity contribution < 1.29 is 9.50 Å². The van der Waals surface area contributed by atoms with Gasteiger partial charge in [0.2, 0.25) is 0 Å². The second-order valence-electron chi connectivity index (χ2n) is 2.47. The quantitative estimate of drug-likeness (QED) is 0.797. The molecule has 5 heteroatoms. The van der Waals surface area contributed by atoms with Gasteiger partial charge in [0.1, 0.15) is 10.5 Å². The average Bonchev–Trinajstić information content (AvgIpc) is 2.55. The summed E-state index contributed by atoms with van der Waals surface area (Å²) in [5, 5.41) is 9.35. The van der Waals surface area contributed by atoms with Crippen LogP contribution in [0.1, 0.15) is 5.01 Å². The Morgan fingerprint density at radius 3 is 3.00 bits per heavy atom. The Morgan fingerprint density at radius 2 is 2.31 bits per heavy atom. The molecule has 2 rings (SSSR count). The summed E-state index contributed by atoms with van der Waals surface area (Å²) in [5.41, 5.74) is 0.238. The van der Waals surface area contributed by atoms with E-state index in [1.54, 1.807) is 6.07 Å². The average molecular weight is 218 g/mol. The van der Waals surface area contributed by atoms with E-state index < -0.39 is 5.82 Å². The number of hydrogen-bond acceptors (Lipinski definition) is 3. The lowest BCUT2D eigenvalue weighted by Gasteiger charge is -1.92. The van der Waals surface area contributed by atoms with Gasteiger partial charge in [-0.2, -0.15) is 0 Å². The van der Waals surface area contributed by atoms with Gasteiger partial charge in [0, 0.05) is 0 Å². The molecule has 2 aromatic rings. The molecule has 0 aliphatic carbocycles. The van der Waals surface area contributed by atoms with E-state index >= 15 is 0 Å². The first-order valence-electron chi connectivity index (χ1n) is 3.56. The number of aliphatic hydroxyl groups excluding tert-OH is 1. The van der Waals surface area contributed by atoms with Crippen LogP contribution in [0, 0.1) is 5.82 Å². The van der Waals surface area contributed by atoms with Gasteiger partial charge in [0.25, 0.3) is 0 Å². The maximum Gasteiger partial charge on any atom is 0.168 e. The van der Waals surface area contributed by atoms with Crippen LogP contribution >= 0.6 is 22.9 Å². The van der Waals surface area contributed by atoms with Crippen molar-refractivity contribution in [1.29, 1.82) is 0 Å². The van der Waals surface area contributed by atoms with Gasteiger partial charge in [-0.1, -0.05) is 11.6 Å². The van der Waals surface area contributed by atoms with Gasteiger partial charge in [0.05, 0.1) is 16.3 Å². The monoisotopic (exact) mass is 217 g/mol. The number of halogens is 2. The molecule has 1 aromatic carbocycles. The molecule has 13 heavy (non-hydrogen) atoms. The van der Waals surface area contributed by atoms with Gasteiger partial charge >= 0.3 is 0 Å². The summed E-state index contributed by atoms with van der Waals surface area (Å²) < 4.78 is 14.0. The first-order valence-corrected chi connectivity index (χ1v) is 4.76. The molecule has 0 aliphatic heterocycles. The maximum atomic E-state index is 13.3. The number of aromatic nitrogens is 1. The van der Waals surface area contributed by atoms with Crippen molar-refractivity contribution in [3.63, 3.8) is 0 Å². The largest absolute Gasteiger partial charge is 0.389 e. The minimum Gasteiger partial charge on any atom is -0.389 e. The SMILES string of the molecule is OCc1nc2c(F)c(Cl)ccc2s1. The molecule has 1 N–H and O–H groups in total. The van der Waals surface area contributed by atoms with Crippen molar-refractivity contribution in [2.24, 2.45) is 0 Å². The van der Waals surface area contributed by atoms with Gasteiger partial charge in [-0.25, -0.2) is 9.37 Å². The molecule has 0 radical (unpaired) electrons. The Hall–Kier alpha value is -0.710. The Balaban J connectivity index is 2.76. The zero-order valence-corrected chi connectivity index (χ0v) is 7.99. The van der Waals surface area contributed by atoms with Crippen LogP contribution in [-0.2, 0) is 6.61 Å². The number of hydrogen-bond donors (Lipinski definition) is 1. The lowest BCUT2D eigenvalue weighted by molar-refractivity contribution is 0.281. The fourth-order valence-corrected chi connectivity index (χ4v) is 2.03. The first kappa shape index (κ1) is 8.87. The lowest BCUT2D eigenvalue weighted by atomic mass is 10.3. The molecular weight excluding hydrogens is 213 g/mol. The maximum absolute atomic E-state index is 13.3. The highest BCUT2D eigenvalue weighted by atomic mass is 35.5. The number of aliphatic hydroxyl groups is 1. The van der Waals surface area contributed by atoms with Crippen LogP contribution in [0.3, 0.4) is 0 Å². The van der Waals surface area contributed by atoms with Gasteiger partial charge in [0.15, 0.2) is 5.82 Å².